The number of hydrogen-bond donors (Lipinski definition) is 1. The van der Waals surface area contributed by atoms with Crippen molar-refractivity contribution in [2.45, 2.75) is 12.8 Å². The maximum atomic E-state index is 6.04. The lowest BCUT2D eigenvalue weighted by Crippen LogP contribution is -2.19. The number of nitrogens with two attached hydrogens (primary N) is 1. The summed E-state index contributed by atoms with van der Waals surface area (Å²) >= 11 is 9.55. The van der Waals surface area contributed by atoms with Crippen LogP contribution >= 0.6 is 27.5 Å². The molecular formula is C17H19BrClNO. The van der Waals surface area contributed by atoms with E-state index in [-0.39, 0.29) is 0 Å². The second kappa shape index (κ2) is 7.83. The van der Waals surface area contributed by atoms with E-state index in [2.05, 4.69) is 28.1 Å². The highest BCUT2D eigenvalue weighted by molar-refractivity contribution is 9.10. The molecule has 0 aliphatic heterocycles. The van der Waals surface area contributed by atoms with Crippen molar-refractivity contribution >= 4 is 27.5 Å². The summed E-state index contributed by atoms with van der Waals surface area (Å²) in [6.07, 6.45) is 1.79. The Morgan fingerprint density at radius 1 is 1.19 bits per heavy atom. The van der Waals surface area contributed by atoms with E-state index in [4.69, 9.17) is 22.1 Å². The fraction of sp³-hybridized carbons (Fsp3) is 0.294. The van der Waals surface area contributed by atoms with Crippen LogP contribution in [0.4, 0.5) is 0 Å². The Morgan fingerprint density at radius 2 is 2.00 bits per heavy atom. The lowest BCUT2D eigenvalue weighted by atomic mass is 9.92. The molecule has 2 rings (SSSR count). The molecule has 112 valence electrons. The Morgan fingerprint density at radius 3 is 2.67 bits per heavy atom. The minimum Gasteiger partial charge on any atom is -0.496 e. The lowest BCUT2D eigenvalue weighted by Gasteiger charge is -2.17. The van der Waals surface area contributed by atoms with Gasteiger partial charge in [0.15, 0.2) is 0 Å². The van der Waals surface area contributed by atoms with E-state index in [1.807, 2.05) is 30.3 Å². The molecule has 21 heavy (non-hydrogen) atoms. The Balaban J connectivity index is 2.14. The minimum atomic E-state index is 0.353. The summed E-state index contributed by atoms with van der Waals surface area (Å²) in [4.78, 5) is 0. The molecule has 0 radical (unpaired) electrons. The molecule has 0 amide bonds. The smallest absolute Gasteiger partial charge is 0.122 e. The van der Waals surface area contributed by atoms with Crippen molar-refractivity contribution in [2.75, 3.05) is 13.7 Å². The van der Waals surface area contributed by atoms with Crippen LogP contribution < -0.4 is 10.5 Å². The molecule has 4 heteroatoms. The van der Waals surface area contributed by atoms with Gasteiger partial charge in [0, 0.05) is 9.50 Å². The predicted octanol–water partition coefficient (Wildman–Crippen LogP) is 4.47. The van der Waals surface area contributed by atoms with Crippen molar-refractivity contribution in [2.24, 2.45) is 11.7 Å². The molecule has 0 aliphatic rings. The van der Waals surface area contributed by atoms with Gasteiger partial charge in [-0.15, -0.1) is 0 Å². The van der Waals surface area contributed by atoms with E-state index in [9.17, 15) is 0 Å². The van der Waals surface area contributed by atoms with Gasteiger partial charge < -0.3 is 10.5 Å². The van der Waals surface area contributed by atoms with Crippen LogP contribution in [0.3, 0.4) is 0 Å². The molecule has 0 aliphatic carbocycles. The topological polar surface area (TPSA) is 35.2 Å². The summed E-state index contributed by atoms with van der Waals surface area (Å²) in [7, 11) is 1.70. The average Bonchev–Trinajstić information content (AvgIpc) is 2.47. The van der Waals surface area contributed by atoms with Gasteiger partial charge in [0.05, 0.1) is 7.11 Å². The standard InChI is InChI=1S/C17H19BrClNO/c1-21-17-6-5-15(18)10-14(17)8-13(11-20)7-12-3-2-4-16(19)9-12/h2-6,9-10,13H,7-8,11,20H2,1H3. The van der Waals surface area contributed by atoms with Gasteiger partial charge in [0.2, 0.25) is 0 Å². The molecule has 0 saturated carbocycles. The van der Waals surface area contributed by atoms with Gasteiger partial charge in [0.1, 0.15) is 5.75 Å². The quantitative estimate of drug-likeness (QED) is 0.816. The highest BCUT2D eigenvalue weighted by atomic mass is 79.9. The van der Waals surface area contributed by atoms with Crippen LogP contribution in [0, 0.1) is 5.92 Å². The Kier molecular flexibility index (Phi) is 6.09. The first kappa shape index (κ1) is 16.3. The van der Waals surface area contributed by atoms with Crippen LogP contribution in [0.15, 0.2) is 46.9 Å². The van der Waals surface area contributed by atoms with Crippen molar-refractivity contribution in [1.82, 2.24) is 0 Å². The zero-order valence-corrected chi connectivity index (χ0v) is 14.3. The van der Waals surface area contributed by atoms with E-state index in [1.165, 1.54) is 11.1 Å². The monoisotopic (exact) mass is 367 g/mol. The largest absolute Gasteiger partial charge is 0.496 e. The molecular weight excluding hydrogens is 350 g/mol. The summed E-state index contributed by atoms with van der Waals surface area (Å²) in [5.41, 5.74) is 8.34. The molecule has 0 fully saturated rings. The zero-order valence-electron chi connectivity index (χ0n) is 12.0. The predicted molar refractivity (Wildman–Crippen MR) is 92.1 cm³/mol. The van der Waals surface area contributed by atoms with Gasteiger partial charge in [-0.25, -0.2) is 0 Å². The van der Waals surface area contributed by atoms with Crippen LogP contribution in [-0.4, -0.2) is 13.7 Å². The van der Waals surface area contributed by atoms with Gasteiger partial charge in [-0.1, -0.05) is 39.7 Å². The van der Waals surface area contributed by atoms with Gasteiger partial charge in [-0.2, -0.15) is 0 Å². The molecule has 0 bridgehead atoms. The second-order valence-electron chi connectivity index (χ2n) is 5.10. The average molecular weight is 369 g/mol. The highest BCUT2D eigenvalue weighted by Gasteiger charge is 2.13. The lowest BCUT2D eigenvalue weighted by molar-refractivity contribution is 0.403. The second-order valence-corrected chi connectivity index (χ2v) is 6.45. The van der Waals surface area contributed by atoms with E-state index >= 15 is 0 Å². The molecule has 0 aromatic heterocycles. The SMILES string of the molecule is COc1ccc(Br)cc1CC(CN)Cc1cccc(Cl)c1. The Hall–Kier alpha value is -1.03. The maximum Gasteiger partial charge on any atom is 0.122 e. The van der Waals surface area contributed by atoms with E-state index in [0.717, 1.165) is 28.1 Å². The number of rotatable bonds is 6. The summed E-state index contributed by atoms with van der Waals surface area (Å²) in [6, 6.07) is 14.0. The Labute approximate surface area is 139 Å². The number of halogens is 2. The molecule has 2 aromatic rings. The summed E-state index contributed by atoms with van der Waals surface area (Å²) in [5, 5.41) is 0.767. The number of benzene rings is 2. The van der Waals surface area contributed by atoms with Crippen molar-refractivity contribution in [3.63, 3.8) is 0 Å². The summed E-state index contributed by atoms with van der Waals surface area (Å²) in [6.45, 7) is 0.627. The van der Waals surface area contributed by atoms with E-state index in [0.29, 0.717) is 12.5 Å². The molecule has 1 atom stereocenters. The Bertz CT molecular complexity index is 603. The van der Waals surface area contributed by atoms with Crippen molar-refractivity contribution < 1.29 is 4.74 Å². The van der Waals surface area contributed by atoms with Crippen LogP contribution in [0.1, 0.15) is 11.1 Å². The summed E-state index contributed by atoms with van der Waals surface area (Å²) < 4.78 is 6.48. The van der Waals surface area contributed by atoms with Crippen LogP contribution in [-0.2, 0) is 12.8 Å². The first-order valence-corrected chi connectivity index (χ1v) is 8.06. The van der Waals surface area contributed by atoms with Crippen molar-refractivity contribution in [3.05, 3.63) is 63.1 Å². The number of ether oxygens (including phenoxy) is 1. The van der Waals surface area contributed by atoms with Gasteiger partial charge >= 0.3 is 0 Å². The third kappa shape index (κ3) is 4.73. The van der Waals surface area contributed by atoms with E-state index in [1.54, 1.807) is 7.11 Å². The first-order valence-electron chi connectivity index (χ1n) is 6.89. The van der Waals surface area contributed by atoms with Crippen LogP contribution in [0.2, 0.25) is 5.02 Å². The van der Waals surface area contributed by atoms with Crippen LogP contribution in [0.25, 0.3) is 0 Å². The third-order valence-corrected chi connectivity index (χ3v) is 4.23. The molecule has 1 unspecified atom stereocenters. The number of methoxy groups -OCH3 is 1. The fourth-order valence-electron chi connectivity index (χ4n) is 2.45. The molecule has 0 heterocycles. The van der Waals surface area contributed by atoms with Crippen LogP contribution in [0.5, 0.6) is 5.75 Å². The molecule has 2 nitrogen and oxygen atoms in total. The number of hydrogen-bond acceptors (Lipinski definition) is 2. The van der Waals surface area contributed by atoms with Gasteiger partial charge in [-0.3, -0.25) is 0 Å². The summed E-state index contributed by atoms with van der Waals surface area (Å²) in [5.74, 6) is 1.26. The third-order valence-electron chi connectivity index (χ3n) is 3.50. The molecule has 2 N–H and O–H groups in total. The first-order chi connectivity index (χ1) is 10.1. The van der Waals surface area contributed by atoms with E-state index < -0.39 is 0 Å². The normalized spacial score (nSPS) is 12.2. The van der Waals surface area contributed by atoms with Gasteiger partial charge in [-0.05, 0) is 66.8 Å². The highest BCUT2D eigenvalue weighted by Crippen LogP contribution is 2.26. The zero-order chi connectivity index (χ0) is 15.2. The molecule has 0 spiro atoms. The van der Waals surface area contributed by atoms with Crippen molar-refractivity contribution in [3.8, 4) is 5.75 Å². The van der Waals surface area contributed by atoms with Gasteiger partial charge in [0.25, 0.3) is 0 Å². The fourth-order valence-corrected chi connectivity index (χ4v) is 3.08. The van der Waals surface area contributed by atoms with Crippen molar-refractivity contribution in [1.29, 1.82) is 0 Å². The minimum absolute atomic E-state index is 0.353. The molecule has 0 saturated heterocycles. The molecule has 2 aromatic carbocycles. The maximum absolute atomic E-state index is 6.04.